The Labute approximate surface area is 205 Å². The maximum absolute atomic E-state index is 12.9. The number of carbonyl (C=O) groups is 2. The Balaban J connectivity index is 1.62. The van der Waals surface area contributed by atoms with E-state index in [4.69, 9.17) is 9.47 Å². The third-order valence-electron chi connectivity index (χ3n) is 6.48. The molecule has 0 spiro atoms. The van der Waals surface area contributed by atoms with E-state index in [1.807, 2.05) is 0 Å². The Bertz CT molecular complexity index is 803. The summed E-state index contributed by atoms with van der Waals surface area (Å²) in [5, 5.41) is 0. The number of amides is 2. The summed E-state index contributed by atoms with van der Waals surface area (Å²) >= 11 is 0. The molecule has 3 aliphatic heterocycles. The van der Waals surface area contributed by atoms with Crippen LogP contribution in [0.1, 0.15) is 59.9 Å². The predicted octanol–water partition coefficient (Wildman–Crippen LogP) is 5.00. The van der Waals surface area contributed by atoms with Crippen molar-refractivity contribution in [2.45, 2.75) is 78.2 Å². The molecule has 1 unspecified atom stereocenters. The van der Waals surface area contributed by atoms with Crippen LogP contribution in [0.25, 0.3) is 0 Å². The van der Waals surface area contributed by atoms with Gasteiger partial charge in [0.25, 0.3) is 0 Å². The highest BCUT2D eigenvalue weighted by molar-refractivity contribution is 5.88. The average molecular weight is 474 g/mol. The number of carbonyl (C=O) groups excluding carboxylic acids is 2. The zero-order chi connectivity index (χ0) is 25.1. The fraction of sp³-hybridized carbons (Fsp3) is 0.704. The van der Waals surface area contributed by atoms with Crippen LogP contribution < -0.4 is 0 Å². The number of benzene rings is 1. The number of ether oxygens (including phenoxy) is 2. The van der Waals surface area contributed by atoms with Crippen molar-refractivity contribution in [3.63, 3.8) is 0 Å². The van der Waals surface area contributed by atoms with E-state index in [9.17, 15) is 9.59 Å². The minimum Gasteiger partial charge on any atom is -0.443 e. The minimum atomic E-state index is -0.683. The van der Waals surface area contributed by atoms with Gasteiger partial charge in [-0.25, -0.2) is 14.5 Å². The molecule has 2 bridgehead atoms. The molecule has 7 heteroatoms. The van der Waals surface area contributed by atoms with Crippen molar-refractivity contribution in [2.75, 3.05) is 33.2 Å². The number of imide groups is 1. The van der Waals surface area contributed by atoms with Crippen molar-refractivity contribution in [1.82, 2.24) is 14.7 Å². The van der Waals surface area contributed by atoms with Crippen LogP contribution in [0.2, 0.25) is 0 Å². The fourth-order valence-corrected chi connectivity index (χ4v) is 5.07. The van der Waals surface area contributed by atoms with Gasteiger partial charge in [0.1, 0.15) is 11.2 Å². The van der Waals surface area contributed by atoms with Gasteiger partial charge in [0, 0.05) is 25.7 Å². The van der Waals surface area contributed by atoms with E-state index in [2.05, 4.69) is 47.2 Å². The summed E-state index contributed by atoms with van der Waals surface area (Å²) in [5.41, 5.74) is -0.0375. The molecule has 3 aliphatic rings. The van der Waals surface area contributed by atoms with Crippen molar-refractivity contribution in [3.05, 3.63) is 35.9 Å². The molecule has 0 radical (unpaired) electrons. The lowest BCUT2D eigenvalue weighted by Gasteiger charge is -2.51. The van der Waals surface area contributed by atoms with E-state index < -0.39 is 23.4 Å². The first-order valence-electron chi connectivity index (χ1n) is 12.5. The molecule has 0 N–H and O–H groups in total. The zero-order valence-electron chi connectivity index (χ0n) is 22.0. The number of fused-ring (bicyclic) bond motifs is 3. The van der Waals surface area contributed by atoms with Crippen molar-refractivity contribution in [2.24, 2.45) is 11.8 Å². The van der Waals surface area contributed by atoms with Gasteiger partial charge in [-0.05, 0) is 85.4 Å². The summed E-state index contributed by atoms with van der Waals surface area (Å²) in [6.45, 7) is 15.1. The first kappa shape index (κ1) is 26.5. The normalized spacial score (nSPS) is 24.7. The number of hydrogen-bond donors (Lipinski definition) is 0. The average Bonchev–Trinajstić information content (AvgIpc) is 2.70. The van der Waals surface area contributed by atoms with Crippen molar-refractivity contribution in [1.29, 1.82) is 0 Å². The minimum absolute atomic E-state index is 0.134. The molecule has 1 aromatic rings. The molecule has 34 heavy (non-hydrogen) atoms. The third kappa shape index (κ3) is 7.70. The van der Waals surface area contributed by atoms with Crippen molar-refractivity contribution in [3.8, 4) is 0 Å². The summed E-state index contributed by atoms with van der Waals surface area (Å²) in [7, 11) is 2.19. The van der Waals surface area contributed by atoms with Gasteiger partial charge in [-0.2, -0.15) is 0 Å². The van der Waals surface area contributed by atoms with Crippen LogP contribution in [0.3, 0.4) is 0 Å². The first-order valence-corrected chi connectivity index (χ1v) is 12.5. The van der Waals surface area contributed by atoms with Crippen molar-refractivity contribution < 1.29 is 19.1 Å². The first-order chi connectivity index (χ1) is 15.8. The predicted molar refractivity (Wildman–Crippen MR) is 134 cm³/mol. The van der Waals surface area contributed by atoms with E-state index in [0.717, 1.165) is 32.6 Å². The smallest absolute Gasteiger partial charge is 0.419 e. The molecule has 4 rings (SSSR count). The highest BCUT2D eigenvalue weighted by atomic mass is 16.6. The van der Waals surface area contributed by atoms with Gasteiger partial charge in [0.2, 0.25) is 0 Å². The van der Waals surface area contributed by atoms with E-state index in [1.54, 1.807) is 41.5 Å². The van der Waals surface area contributed by atoms with Crippen LogP contribution in [0.15, 0.2) is 30.3 Å². The fourth-order valence-electron chi connectivity index (χ4n) is 5.07. The Morgan fingerprint density at radius 2 is 1.56 bits per heavy atom. The molecule has 0 aromatic heterocycles. The molecule has 3 fully saturated rings. The largest absolute Gasteiger partial charge is 0.443 e. The zero-order valence-corrected chi connectivity index (χ0v) is 22.0. The molecule has 1 aromatic carbocycles. The van der Waals surface area contributed by atoms with Crippen LogP contribution >= 0.6 is 0 Å². The summed E-state index contributed by atoms with van der Waals surface area (Å²) in [5.74, 6) is 1.18. The SMILES string of the molecule is CN(Cc1ccccc1)C[C@H]1CN2CC[C@H]1C[C@H]2CN(C(=O)OC(C)(C)C)C(=O)OC(C)(C)C. The summed E-state index contributed by atoms with van der Waals surface area (Å²) < 4.78 is 11.1. The summed E-state index contributed by atoms with van der Waals surface area (Å²) in [4.78, 5) is 31.9. The van der Waals surface area contributed by atoms with E-state index in [1.165, 1.54) is 16.9 Å². The van der Waals surface area contributed by atoms with Gasteiger partial charge in [0.05, 0.1) is 6.54 Å². The van der Waals surface area contributed by atoms with E-state index >= 15 is 0 Å². The molecule has 7 nitrogen and oxygen atoms in total. The summed E-state index contributed by atoms with van der Waals surface area (Å²) in [6, 6.07) is 10.7. The second-order valence-corrected chi connectivity index (χ2v) is 11.9. The highest BCUT2D eigenvalue weighted by Crippen LogP contribution is 2.37. The summed E-state index contributed by atoms with van der Waals surface area (Å²) in [6.07, 6.45) is 0.873. The molecule has 2 amide bonds. The lowest BCUT2D eigenvalue weighted by atomic mass is 9.75. The Hall–Kier alpha value is -2.12. The second-order valence-electron chi connectivity index (χ2n) is 11.9. The van der Waals surface area contributed by atoms with Gasteiger partial charge < -0.3 is 14.4 Å². The van der Waals surface area contributed by atoms with Crippen LogP contribution in [0.5, 0.6) is 0 Å². The molecule has 3 saturated heterocycles. The molecule has 4 atom stereocenters. The highest BCUT2D eigenvalue weighted by Gasteiger charge is 2.43. The topological polar surface area (TPSA) is 62.3 Å². The standard InChI is InChI=1S/C27H43N3O4/c1-26(2,3)33-24(31)30(25(32)34-27(4,5)6)19-23-15-21-13-14-29(23)18-22(21)17-28(7)16-20-11-9-8-10-12-20/h8-12,21-23H,13-19H2,1-7H3/t21-,22-,23-/m0/s1. The van der Waals surface area contributed by atoms with Gasteiger partial charge in [0.15, 0.2) is 0 Å². The Kier molecular flexibility index (Phi) is 8.30. The quantitative estimate of drug-likeness (QED) is 0.579. The maximum atomic E-state index is 12.9. The second kappa shape index (κ2) is 10.6. The van der Waals surface area contributed by atoms with E-state index in [-0.39, 0.29) is 6.04 Å². The van der Waals surface area contributed by atoms with Crippen molar-refractivity contribution >= 4 is 12.2 Å². The van der Waals surface area contributed by atoms with Gasteiger partial charge in [-0.15, -0.1) is 0 Å². The van der Waals surface area contributed by atoms with E-state index in [0.29, 0.717) is 18.4 Å². The van der Waals surface area contributed by atoms with Crippen LogP contribution in [0.4, 0.5) is 9.59 Å². The number of rotatable bonds is 6. The molecule has 0 aliphatic carbocycles. The monoisotopic (exact) mass is 473 g/mol. The maximum Gasteiger partial charge on any atom is 0.419 e. The number of nitrogens with zero attached hydrogens (tertiary/aromatic N) is 3. The van der Waals surface area contributed by atoms with Gasteiger partial charge in [-0.1, -0.05) is 30.3 Å². The molecule has 190 valence electrons. The Morgan fingerprint density at radius 1 is 0.971 bits per heavy atom. The van der Waals surface area contributed by atoms with Gasteiger partial charge in [-0.3, -0.25) is 4.90 Å². The lowest BCUT2D eigenvalue weighted by Crippen LogP contribution is -2.59. The number of hydrogen-bond acceptors (Lipinski definition) is 6. The Morgan fingerprint density at radius 3 is 2.06 bits per heavy atom. The molecule has 3 heterocycles. The van der Waals surface area contributed by atoms with Crippen LogP contribution in [-0.4, -0.2) is 77.4 Å². The van der Waals surface area contributed by atoms with Gasteiger partial charge >= 0.3 is 12.2 Å². The molecule has 0 saturated carbocycles. The molecular formula is C27H43N3O4. The lowest BCUT2D eigenvalue weighted by molar-refractivity contribution is -0.0348. The van der Waals surface area contributed by atoms with Crippen LogP contribution in [-0.2, 0) is 16.0 Å². The number of piperidine rings is 3. The molecular weight excluding hydrogens is 430 g/mol. The third-order valence-corrected chi connectivity index (χ3v) is 6.48. The van der Waals surface area contributed by atoms with Crippen LogP contribution in [0, 0.1) is 11.8 Å².